The number of hydrogen-bond acceptors (Lipinski definition) is 8. The first-order chi connectivity index (χ1) is 40.2. The fourth-order valence-electron chi connectivity index (χ4n) is 9.46. The van der Waals surface area contributed by atoms with Crippen molar-refractivity contribution in [1.29, 1.82) is 0 Å². The highest BCUT2D eigenvalue weighted by molar-refractivity contribution is 9.10. The highest BCUT2D eigenvalue weighted by Gasteiger charge is 2.18. The SMILES string of the molecule is CC(C)(C)c1ccc(Br)cc1.CC(C)(C)c1ccc(Nc2ccc(N(c3ccc(Nc4ccc(C(C)(C)C)cc4)cc3)c3ccc(Nc4ccc(C(C)(C)C)cc4)cc3)cc2)cc1.Nc1ccc(N(c2ccc(N)cc2)c2ccc(N)cc2)cc1. The van der Waals surface area contributed by atoms with Crippen molar-refractivity contribution >= 4 is 101 Å². The van der Waals surface area contributed by atoms with Crippen LogP contribution in [0.5, 0.6) is 0 Å². The Morgan fingerprint density at radius 1 is 0.235 bits per heavy atom. The minimum absolute atomic E-state index is 0.127. The van der Waals surface area contributed by atoms with Crippen LogP contribution in [0.15, 0.2) is 247 Å². The summed E-state index contributed by atoms with van der Waals surface area (Å²) < 4.78 is 1.14. The van der Waals surface area contributed by atoms with Crippen molar-refractivity contribution in [2.75, 3.05) is 43.0 Å². The lowest BCUT2D eigenvalue weighted by Gasteiger charge is -2.26. The second-order valence-electron chi connectivity index (χ2n) is 25.7. The van der Waals surface area contributed by atoms with Gasteiger partial charge in [0.25, 0.3) is 0 Å². The number of nitrogens with one attached hydrogen (secondary N) is 3. The zero-order valence-corrected chi connectivity index (χ0v) is 53.2. The smallest absolute Gasteiger partial charge is 0.0463 e. The van der Waals surface area contributed by atoms with Gasteiger partial charge >= 0.3 is 0 Å². The van der Waals surface area contributed by atoms with Crippen molar-refractivity contribution in [3.63, 3.8) is 0 Å². The van der Waals surface area contributed by atoms with Crippen LogP contribution >= 0.6 is 15.9 Å². The summed E-state index contributed by atoms with van der Waals surface area (Å²) in [6, 6.07) is 83.9. The Kier molecular flexibility index (Phi) is 19.6. The average molecular weight is 1190 g/mol. The van der Waals surface area contributed by atoms with Gasteiger partial charge in [-0.05, 0) is 238 Å². The molecule has 0 spiro atoms. The molecular formula is C76H85BrN8. The standard InChI is InChI=1S/C48H54N4.C18H18N4.C10H13Br/c1-46(2,3)34-10-16-37(17-11-34)49-40-22-28-43(29-23-40)52(44-30-24-41(25-31-44)50-38-18-12-35(13-19-38)47(4,5)6)45-32-26-42(27-33-45)51-39-20-14-36(15-21-39)48(7,8)9;19-13-1-7-16(8-2-13)22(17-9-3-14(20)4-10-17)18-11-5-15(21)6-12-18;1-10(2,3)8-4-6-9(11)7-5-8/h10-33,49-51H,1-9H3;1-12H,19-21H2;4-7H,1-3H3. The fourth-order valence-corrected chi connectivity index (χ4v) is 9.72. The molecule has 10 aromatic rings. The summed E-state index contributed by atoms with van der Waals surface area (Å²) in [5.41, 5.74) is 38.2. The van der Waals surface area contributed by atoms with E-state index in [-0.39, 0.29) is 21.7 Å². The number of benzene rings is 10. The molecule has 9 N–H and O–H groups in total. The van der Waals surface area contributed by atoms with E-state index in [1.165, 1.54) is 22.3 Å². The summed E-state index contributed by atoms with van der Waals surface area (Å²) in [5, 5.41) is 10.7. The van der Waals surface area contributed by atoms with Gasteiger partial charge in [0.1, 0.15) is 0 Å². The summed E-state index contributed by atoms with van der Waals surface area (Å²) in [7, 11) is 0. The Hall–Kier alpha value is -8.92. The third-order valence-corrected chi connectivity index (χ3v) is 15.2. The Balaban J connectivity index is 0.000000231. The molecule has 10 rings (SSSR count). The van der Waals surface area contributed by atoms with Crippen LogP contribution in [0.1, 0.15) is 105 Å². The second kappa shape index (κ2) is 26.8. The summed E-state index contributed by atoms with van der Waals surface area (Å²) in [6.07, 6.45) is 0. The van der Waals surface area contributed by atoms with Crippen molar-refractivity contribution < 1.29 is 0 Å². The third-order valence-electron chi connectivity index (χ3n) is 14.7. The number of nitrogens with two attached hydrogens (primary N) is 3. The molecule has 0 bridgehead atoms. The van der Waals surface area contributed by atoms with Crippen molar-refractivity contribution in [2.24, 2.45) is 0 Å². The van der Waals surface area contributed by atoms with E-state index in [1.807, 2.05) is 72.8 Å². The first kappa shape index (κ1) is 62.1. The highest BCUT2D eigenvalue weighted by Crippen LogP contribution is 2.39. The van der Waals surface area contributed by atoms with E-state index < -0.39 is 0 Å². The largest absolute Gasteiger partial charge is 0.399 e. The number of hydrogen-bond donors (Lipinski definition) is 6. The summed E-state index contributed by atoms with van der Waals surface area (Å²) in [5.74, 6) is 0. The fraction of sp³-hybridized carbons (Fsp3) is 0.211. The van der Waals surface area contributed by atoms with E-state index in [0.29, 0.717) is 0 Å². The molecule has 9 heteroatoms. The van der Waals surface area contributed by atoms with Gasteiger partial charge in [-0.15, -0.1) is 0 Å². The molecule has 0 amide bonds. The minimum atomic E-state index is 0.127. The number of halogens is 1. The van der Waals surface area contributed by atoms with Crippen LogP contribution in [0.2, 0.25) is 0 Å². The summed E-state index contributed by atoms with van der Waals surface area (Å²) in [4.78, 5) is 4.42. The molecule has 436 valence electrons. The molecule has 85 heavy (non-hydrogen) atoms. The normalized spacial score (nSPS) is 11.5. The van der Waals surface area contributed by atoms with E-state index >= 15 is 0 Å². The molecule has 8 nitrogen and oxygen atoms in total. The van der Waals surface area contributed by atoms with Gasteiger partial charge in [-0.1, -0.05) is 148 Å². The molecule has 10 aromatic carbocycles. The van der Waals surface area contributed by atoms with Crippen LogP contribution < -0.4 is 43.0 Å². The number of rotatable bonds is 12. The van der Waals surface area contributed by atoms with Crippen molar-refractivity contribution in [3.8, 4) is 0 Å². The average Bonchev–Trinajstić information content (AvgIpc) is 3.24. The Morgan fingerprint density at radius 2 is 0.388 bits per heavy atom. The van der Waals surface area contributed by atoms with Crippen LogP contribution in [0, 0.1) is 0 Å². The first-order valence-corrected chi connectivity index (χ1v) is 29.9. The van der Waals surface area contributed by atoms with Gasteiger partial charge in [0, 0.05) is 89.8 Å². The minimum Gasteiger partial charge on any atom is -0.399 e. The van der Waals surface area contributed by atoms with Crippen molar-refractivity contribution in [2.45, 2.75) is 105 Å². The Morgan fingerprint density at radius 3 is 0.565 bits per heavy atom. The highest BCUT2D eigenvalue weighted by atomic mass is 79.9. The van der Waals surface area contributed by atoms with Crippen molar-refractivity contribution in [1.82, 2.24) is 0 Å². The van der Waals surface area contributed by atoms with Gasteiger partial charge < -0.3 is 43.0 Å². The van der Waals surface area contributed by atoms with E-state index in [4.69, 9.17) is 17.2 Å². The molecule has 0 aliphatic carbocycles. The molecule has 0 aliphatic rings. The molecule has 0 radical (unpaired) electrons. The molecule has 0 heterocycles. The van der Waals surface area contributed by atoms with E-state index in [1.54, 1.807) is 0 Å². The van der Waals surface area contributed by atoms with Gasteiger partial charge in [0.2, 0.25) is 0 Å². The quantitative estimate of drug-likeness (QED) is 0.0670. The third kappa shape index (κ3) is 17.6. The van der Waals surface area contributed by atoms with E-state index in [2.05, 4.69) is 295 Å². The van der Waals surface area contributed by atoms with E-state index in [9.17, 15) is 0 Å². The predicted molar refractivity (Wildman–Crippen MR) is 374 cm³/mol. The number of nitrogens with zero attached hydrogens (tertiary/aromatic N) is 2. The molecule has 0 saturated carbocycles. The molecule has 0 saturated heterocycles. The van der Waals surface area contributed by atoms with Crippen LogP contribution in [0.25, 0.3) is 0 Å². The molecule has 0 aliphatic heterocycles. The monoisotopic (exact) mass is 1190 g/mol. The lowest BCUT2D eigenvalue weighted by molar-refractivity contribution is 0.590. The summed E-state index contributed by atoms with van der Waals surface area (Å²) in [6.45, 7) is 26.8. The molecule has 0 fully saturated rings. The Labute approximate surface area is 515 Å². The number of nitrogen functional groups attached to an aromatic ring is 3. The first-order valence-electron chi connectivity index (χ1n) is 29.1. The zero-order chi connectivity index (χ0) is 61.1. The van der Waals surface area contributed by atoms with Gasteiger partial charge in [0.05, 0.1) is 0 Å². The van der Waals surface area contributed by atoms with Crippen LogP contribution in [-0.4, -0.2) is 0 Å². The van der Waals surface area contributed by atoms with E-state index in [0.717, 1.165) is 89.8 Å². The van der Waals surface area contributed by atoms with Crippen molar-refractivity contribution in [3.05, 3.63) is 269 Å². The maximum Gasteiger partial charge on any atom is 0.0463 e. The van der Waals surface area contributed by atoms with Crippen LogP contribution in [0.4, 0.5) is 85.3 Å². The number of anilines is 15. The second-order valence-corrected chi connectivity index (χ2v) is 26.6. The molecule has 0 atom stereocenters. The van der Waals surface area contributed by atoms with Gasteiger partial charge in [0.15, 0.2) is 0 Å². The van der Waals surface area contributed by atoms with Crippen LogP contribution in [0.3, 0.4) is 0 Å². The summed E-state index contributed by atoms with van der Waals surface area (Å²) >= 11 is 3.41. The van der Waals surface area contributed by atoms with Gasteiger partial charge in [-0.2, -0.15) is 0 Å². The maximum absolute atomic E-state index is 5.79. The molecule has 0 aromatic heterocycles. The predicted octanol–water partition coefficient (Wildman–Crippen LogP) is 21.9. The molecular weight excluding hydrogens is 1100 g/mol. The van der Waals surface area contributed by atoms with Gasteiger partial charge in [-0.3, -0.25) is 0 Å². The van der Waals surface area contributed by atoms with Gasteiger partial charge in [-0.25, -0.2) is 0 Å². The van der Waals surface area contributed by atoms with Crippen LogP contribution in [-0.2, 0) is 21.7 Å². The lowest BCUT2D eigenvalue weighted by Crippen LogP contribution is -2.11. The Bertz CT molecular complexity index is 3310. The topological polar surface area (TPSA) is 121 Å². The maximum atomic E-state index is 5.79. The molecule has 0 unspecified atom stereocenters. The zero-order valence-electron chi connectivity index (χ0n) is 51.6. The lowest BCUT2D eigenvalue weighted by atomic mass is 9.87.